The first-order valence-corrected chi connectivity index (χ1v) is 3.52. The van der Waals surface area contributed by atoms with Gasteiger partial charge >= 0.3 is 7.32 Å². The van der Waals surface area contributed by atoms with Crippen molar-refractivity contribution in [3.63, 3.8) is 0 Å². The zero-order valence-electron chi connectivity index (χ0n) is 6.66. The summed E-state index contributed by atoms with van der Waals surface area (Å²) in [6.45, 7) is 0. The van der Waals surface area contributed by atoms with E-state index in [1.165, 1.54) is 6.39 Å². The summed E-state index contributed by atoms with van der Waals surface area (Å²) in [5, 5.41) is 21.5. The van der Waals surface area contributed by atoms with Gasteiger partial charge < -0.3 is 19.5 Å². The number of rotatable bonds is 0. The summed E-state index contributed by atoms with van der Waals surface area (Å²) in [5.74, 6) is 0. The van der Waals surface area contributed by atoms with Gasteiger partial charge in [-0.25, -0.2) is 4.98 Å². The Hall–Kier alpha value is -1.37. The molecule has 0 aliphatic carbocycles. The van der Waals surface area contributed by atoms with Crippen molar-refractivity contribution in [3.05, 3.63) is 30.7 Å². The van der Waals surface area contributed by atoms with Gasteiger partial charge in [0.15, 0.2) is 12.0 Å². The van der Waals surface area contributed by atoms with Crippen LogP contribution < -0.4 is 0 Å². The van der Waals surface area contributed by atoms with Gasteiger partial charge in [0.05, 0.1) is 0 Å². The minimum Gasteiger partial charge on any atom is -0.443 e. The van der Waals surface area contributed by atoms with E-state index < -0.39 is 7.32 Å². The molecule has 0 aliphatic heterocycles. The average molecular weight is 181 g/mol. The average Bonchev–Trinajstić information content (AvgIpc) is 2.49. The third-order valence-corrected chi connectivity index (χ3v) is 1.24. The lowest BCUT2D eigenvalue weighted by molar-refractivity contribution is 0.278. The molecule has 5 nitrogen and oxygen atoms in total. The lowest BCUT2D eigenvalue weighted by atomic mass is 10.3. The van der Waals surface area contributed by atoms with Gasteiger partial charge in [0.2, 0.25) is 0 Å². The molecule has 1 aromatic carbocycles. The molecule has 68 valence electrons. The first-order chi connectivity index (χ1) is 6.20. The lowest BCUT2D eigenvalue weighted by Gasteiger charge is -1.79. The maximum absolute atomic E-state index is 7.17. The van der Waals surface area contributed by atoms with E-state index in [1.54, 1.807) is 0 Å². The van der Waals surface area contributed by atoms with Gasteiger partial charge in [0.1, 0.15) is 5.52 Å². The van der Waals surface area contributed by atoms with Crippen LogP contribution in [0.4, 0.5) is 0 Å². The van der Waals surface area contributed by atoms with Gasteiger partial charge in [0.25, 0.3) is 0 Å². The Labute approximate surface area is 74.4 Å². The molecule has 2 rings (SSSR count). The highest BCUT2D eigenvalue weighted by molar-refractivity contribution is 6.30. The smallest absolute Gasteiger partial charge is 0.443 e. The van der Waals surface area contributed by atoms with Crippen LogP contribution in [0.3, 0.4) is 0 Å². The fourth-order valence-corrected chi connectivity index (χ4v) is 0.803. The normalized spacial score (nSPS) is 9.15. The van der Waals surface area contributed by atoms with Crippen molar-refractivity contribution in [3.8, 4) is 0 Å². The van der Waals surface area contributed by atoms with Crippen LogP contribution in [0.1, 0.15) is 0 Å². The van der Waals surface area contributed by atoms with Crippen LogP contribution in [0.5, 0.6) is 0 Å². The number of aromatic nitrogens is 1. The Morgan fingerprint density at radius 3 is 2.38 bits per heavy atom. The number of benzene rings is 1. The quantitative estimate of drug-likeness (QED) is 0.489. The molecule has 6 heteroatoms. The molecular weight excluding hydrogens is 173 g/mol. The Bertz CT molecular complexity index is 329. The van der Waals surface area contributed by atoms with Crippen molar-refractivity contribution >= 4 is 18.4 Å². The lowest BCUT2D eigenvalue weighted by Crippen LogP contribution is -2.07. The molecule has 1 heterocycles. The van der Waals surface area contributed by atoms with E-state index in [4.69, 9.17) is 19.5 Å². The van der Waals surface area contributed by atoms with Crippen LogP contribution in [0, 0.1) is 0 Å². The van der Waals surface area contributed by atoms with Crippen molar-refractivity contribution < 1.29 is 19.5 Å². The van der Waals surface area contributed by atoms with Crippen LogP contribution in [0.25, 0.3) is 11.1 Å². The molecule has 13 heavy (non-hydrogen) atoms. The summed E-state index contributed by atoms with van der Waals surface area (Å²) in [4.78, 5) is 3.95. The number of hydrogen-bond acceptors (Lipinski definition) is 5. The van der Waals surface area contributed by atoms with Gasteiger partial charge in [-0.05, 0) is 12.1 Å². The minimum atomic E-state index is -2.17. The highest BCUT2D eigenvalue weighted by Gasteiger charge is 1.92. The molecule has 0 unspecified atom stereocenters. The Morgan fingerprint density at radius 2 is 1.77 bits per heavy atom. The first-order valence-electron chi connectivity index (χ1n) is 3.52. The van der Waals surface area contributed by atoms with Crippen LogP contribution in [0.2, 0.25) is 0 Å². The molecule has 0 radical (unpaired) electrons. The monoisotopic (exact) mass is 181 g/mol. The molecule has 0 aliphatic rings. The second kappa shape index (κ2) is 4.61. The van der Waals surface area contributed by atoms with Gasteiger partial charge in [-0.15, -0.1) is 0 Å². The fraction of sp³-hybridized carbons (Fsp3) is 0. The minimum absolute atomic E-state index is 0.845. The number of nitrogens with zero attached hydrogens (tertiary/aromatic N) is 1. The van der Waals surface area contributed by atoms with Crippen molar-refractivity contribution in [2.45, 2.75) is 0 Å². The summed E-state index contributed by atoms with van der Waals surface area (Å²) in [7, 11) is -2.17. The number of fused-ring (bicyclic) bond motifs is 1. The van der Waals surface area contributed by atoms with E-state index >= 15 is 0 Å². The predicted molar refractivity (Wildman–Crippen MR) is 46.4 cm³/mol. The fourth-order valence-electron chi connectivity index (χ4n) is 0.803. The predicted octanol–water partition coefficient (Wildman–Crippen LogP) is -0.224. The van der Waals surface area contributed by atoms with E-state index in [0.717, 1.165) is 11.1 Å². The van der Waals surface area contributed by atoms with E-state index in [0.29, 0.717) is 0 Å². The summed E-state index contributed by atoms with van der Waals surface area (Å²) < 4.78 is 5.01. The van der Waals surface area contributed by atoms with Crippen LogP contribution in [-0.2, 0) is 0 Å². The van der Waals surface area contributed by atoms with Gasteiger partial charge in [-0.3, -0.25) is 0 Å². The topological polar surface area (TPSA) is 86.7 Å². The second-order valence-corrected chi connectivity index (χ2v) is 2.17. The van der Waals surface area contributed by atoms with Crippen LogP contribution in [0.15, 0.2) is 35.1 Å². The van der Waals surface area contributed by atoms with E-state index in [1.807, 2.05) is 24.3 Å². The molecule has 0 atom stereocenters. The molecule has 1 aromatic heterocycles. The molecule has 2 aromatic rings. The third-order valence-electron chi connectivity index (χ3n) is 1.24. The van der Waals surface area contributed by atoms with Crippen molar-refractivity contribution in [1.29, 1.82) is 0 Å². The summed E-state index contributed by atoms with van der Waals surface area (Å²) >= 11 is 0. The number of oxazole rings is 1. The van der Waals surface area contributed by atoms with E-state index in [9.17, 15) is 0 Å². The highest BCUT2D eigenvalue weighted by Crippen LogP contribution is 2.09. The maximum atomic E-state index is 7.17. The molecule has 0 saturated carbocycles. The molecule has 0 spiro atoms. The van der Waals surface area contributed by atoms with E-state index in [-0.39, 0.29) is 0 Å². The first kappa shape index (κ1) is 9.72. The van der Waals surface area contributed by atoms with Gasteiger partial charge in [-0.2, -0.15) is 0 Å². The Morgan fingerprint density at radius 1 is 1.15 bits per heavy atom. The molecule has 0 saturated heterocycles. The Kier molecular flexibility index (Phi) is 3.45. The van der Waals surface area contributed by atoms with Crippen LogP contribution >= 0.6 is 0 Å². The van der Waals surface area contributed by atoms with Crippen LogP contribution in [-0.4, -0.2) is 27.4 Å². The van der Waals surface area contributed by atoms with Crippen molar-refractivity contribution in [2.24, 2.45) is 0 Å². The third kappa shape index (κ3) is 3.24. The molecule has 3 N–H and O–H groups in total. The summed E-state index contributed by atoms with van der Waals surface area (Å²) in [6.07, 6.45) is 1.45. The largest absolute Gasteiger partial charge is 0.631 e. The molecule has 0 bridgehead atoms. The Balaban J connectivity index is 0.000000184. The van der Waals surface area contributed by atoms with Crippen molar-refractivity contribution in [1.82, 2.24) is 4.98 Å². The number of hydrogen-bond donors (Lipinski definition) is 3. The standard InChI is InChI=1S/C7H5NO.BH3O3/c1-2-4-7-6(3-1)8-5-9-7;2-1(3)4/h1-5H;2-4H. The molecule has 0 fully saturated rings. The summed E-state index contributed by atoms with van der Waals surface area (Å²) in [6, 6.07) is 7.67. The SMILES string of the molecule is OB(O)O.c1ccc2ocnc2c1. The van der Waals surface area contributed by atoms with E-state index in [2.05, 4.69) is 4.98 Å². The summed E-state index contributed by atoms with van der Waals surface area (Å²) in [5.41, 5.74) is 1.76. The van der Waals surface area contributed by atoms with Crippen molar-refractivity contribution in [2.75, 3.05) is 0 Å². The molecule has 0 amide bonds. The second-order valence-electron chi connectivity index (χ2n) is 2.17. The van der Waals surface area contributed by atoms with Gasteiger partial charge in [0, 0.05) is 0 Å². The number of para-hydroxylation sites is 2. The zero-order valence-corrected chi connectivity index (χ0v) is 6.66. The zero-order chi connectivity index (χ0) is 9.68. The molecular formula is C7H8BNO4. The maximum Gasteiger partial charge on any atom is 0.631 e. The highest BCUT2D eigenvalue weighted by atomic mass is 16.5. The van der Waals surface area contributed by atoms with Gasteiger partial charge in [-0.1, -0.05) is 12.1 Å².